The summed E-state index contributed by atoms with van der Waals surface area (Å²) in [6.07, 6.45) is 3.20. The van der Waals surface area contributed by atoms with Crippen LogP contribution in [0.1, 0.15) is 22.8 Å². The fourth-order valence-electron chi connectivity index (χ4n) is 2.20. The second-order valence-electron chi connectivity index (χ2n) is 5.16. The summed E-state index contributed by atoms with van der Waals surface area (Å²) in [5.74, 6) is -0.622. The molecular weight excluding hydrogens is 336 g/mol. The molecule has 0 bridgehead atoms. The van der Waals surface area contributed by atoms with Gasteiger partial charge >= 0.3 is 5.97 Å². The normalized spacial score (nSPS) is 10.9. The number of anilines is 1. The van der Waals surface area contributed by atoms with Crippen LogP contribution in [0.4, 0.5) is 5.13 Å². The molecule has 1 amide bonds. The van der Waals surface area contributed by atoms with Gasteiger partial charge < -0.3 is 4.74 Å². The zero-order valence-electron chi connectivity index (χ0n) is 13.6. The summed E-state index contributed by atoms with van der Waals surface area (Å²) in [5, 5.41) is 3.23. The number of carbonyl (C=O) groups is 2. The van der Waals surface area contributed by atoms with Crippen molar-refractivity contribution in [3.63, 3.8) is 0 Å². The molecule has 0 radical (unpaired) electrons. The van der Waals surface area contributed by atoms with Gasteiger partial charge in [-0.3, -0.25) is 10.1 Å². The summed E-state index contributed by atoms with van der Waals surface area (Å²) < 4.78 is 5.80. The lowest BCUT2D eigenvalue weighted by molar-refractivity contribution is -0.111. The minimum atomic E-state index is -0.366. The number of fused-ring (bicyclic) bond motifs is 1. The highest BCUT2D eigenvalue weighted by Crippen LogP contribution is 2.27. The number of amides is 1. The summed E-state index contributed by atoms with van der Waals surface area (Å²) in [5.41, 5.74) is 2.14. The fourth-order valence-corrected chi connectivity index (χ4v) is 3.11. The Kier molecular flexibility index (Phi) is 5.20. The first-order valence-corrected chi connectivity index (χ1v) is 8.59. The number of nitrogens with zero attached hydrogens (tertiary/aromatic N) is 1. The van der Waals surface area contributed by atoms with Crippen molar-refractivity contribution in [1.29, 1.82) is 0 Å². The molecule has 0 unspecified atom stereocenters. The fraction of sp³-hybridized carbons (Fsp3) is 0.105. The van der Waals surface area contributed by atoms with E-state index in [1.165, 1.54) is 17.4 Å². The maximum Gasteiger partial charge on any atom is 0.338 e. The number of rotatable bonds is 5. The van der Waals surface area contributed by atoms with Gasteiger partial charge in [-0.05, 0) is 36.8 Å². The monoisotopic (exact) mass is 352 g/mol. The van der Waals surface area contributed by atoms with Crippen LogP contribution >= 0.6 is 11.3 Å². The van der Waals surface area contributed by atoms with Crippen molar-refractivity contribution < 1.29 is 14.3 Å². The number of ether oxygens (including phenoxy) is 1. The van der Waals surface area contributed by atoms with Crippen LogP contribution in [0, 0.1) is 0 Å². The maximum absolute atomic E-state index is 12.0. The minimum absolute atomic E-state index is 0.256. The Morgan fingerprint density at radius 1 is 1.20 bits per heavy atom. The first kappa shape index (κ1) is 16.9. The molecule has 1 N–H and O–H groups in total. The first-order valence-electron chi connectivity index (χ1n) is 7.77. The number of thiazole rings is 1. The molecule has 0 atom stereocenters. The molecule has 0 aliphatic carbocycles. The molecule has 5 nitrogen and oxygen atoms in total. The second-order valence-corrected chi connectivity index (χ2v) is 6.19. The van der Waals surface area contributed by atoms with Crippen LogP contribution in [-0.2, 0) is 9.53 Å². The van der Waals surface area contributed by atoms with Crippen LogP contribution in [0.25, 0.3) is 16.3 Å². The van der Waals surface area contributed by atoms with Crippen LogP contribution in [0.3, 0.4) is 0 Å². The van der Waals surface area contributed by atoms with Crippen molar-refractivity contribution in [1.82, 2.24) is 4.98 Å². The van der Waals surface area contributed by atoms with Gasteiger partial charge in [-0.25, -0.2) is 9.78 Å². The Morgan fingerprint density at radius 2 is 2.00 bits per heavy atom. The summed E-state index contributed by atoms with van der Waals surface area (Å²) >= 11 is 1.31. The van der Waals surface area contributed by atoms with Gasteiger partial charge in [0.15, 0.2) is 5.13 Å². The molecule has 0 spiro atoms. The largest absolute Gasteiger partial charge is 0.462 e. The summed E-state index contributed by atoms with van der Waals surface area (Å²) in [4.78, 5) is 28.1. The number of aromatic nitrogens is 1. The van der Waals surface area contributed by atoms with Crippen LogP contribution in [0.2, 0.25) is 0 Å². The third-order valence-electron chi connectivity index (χ3n) is 3.36. The van der Waals surface area contributed by atoms with Gasteiger partial charge in [-0.15, -0.1) is 0 Å². The van der Waals surface area contributed by atoms with E-state index in [1.54, 1.807) is 31.2 Å². The predicted molar refractivity (Wildman–Crippen MR) is 99.7 cm³/mol. The van der Waals surface area contributed by atoms with E-state index in [0.29, 0.717) is 17.3 Å². The number of carbonyl (C=O) groups excluding carboxylic acids is 2. The van der Waals surface area contributed by atoms with Crippen molar-refractivity contribution in [2.75, 3.05) is 11.9 Å². The number of esters is 1. The van der Waals surface area contributed by atoms with Crippen LogP contribution < -0.4 is 5.32 Å². The summed E-state index contributed by atoms with van der Waals surface area (Å²) in [7, 11) is 0. The molecule has 0 saturated carbocycles. The standard InChI is InChI=1S/C19H16N2O3S/c1-2-24-18(23)14-9-10-15-16(12-14)25-19(20-15)21-17(22)11-8-13-6-4-3-5-7-13/h3-12H,2H2,1H3,(H,20,21,22)/b11-8+. The third-order valence-corrected chi connectivity index (χ3v) is 4.29. The van der Waals surface area contributed by atoms with E-state index in [0.717, 1.165) is 15.8 Å². The Labute approximate surface area is 149 Å². The third kappa shape index (κ3) is 4.30. The first-order chi connectivity index (χ1) is 12.2. The van der Waals surface area contributed by atoms with E-state index in [1.807, 2.05) is 30.3 Å². The van der Waals surface area contributed by atoms with E-state index >= 15 is 0 Å². The van der Waals surface area contributed by atoms with E-state index in [9.17, 15) is 9.59 Å². The molecule has 126 valence electrons. The molecule has 3 rings (SSSR count). The van der Waals surface area contributed by atoms with E-state index in [4.69, 9.17) is 4.74 Å². The predicted octanol–water partition coefficient (Wildman–Crippen LogP) is 4.12. The number of benzene rings is 2. The summed E-state index contributed by atoms with van der Waals surface area (Å²) in [6, 6.07) is 14.7. The van der Waals surface area contributed by atoms with Gasteiger partial charge in [-0.1, -0.05) is 41.7 Å². The lowest BCUT2D eigenvalue weighted by Crippen LogP contribution is -2.07. The van der Waals surface area contributed by atoms with Gasteiger partial charge in [0.2, 0.25) is 5.91 Å². The minimum Gasteiger partial charge on any atom is -0.462 e. The average molecular weight is 352 g/mol. The van der Waals surface area contributed by atoms with Crippen molar-refractivity contribution in [2.45, 2.75) is 6.92 Å². The van der Waals surface area contributed by atoms with Crippen LogP contribution in [0.5, 0.6) is 0 Å². The molecule has 0 aliphatic rings. The Morgan fingerprint density at radius 3 is 2.76 bits per heavy atom. The van der Waals surface area contributed by atoms with Crippen molar-refractivity contribution in [2.24, 2.45) is 0 Å². The number of nitrogens with one attached hydrogen (secondary N) is 1. The van der Waals surface area contributed by atoms with Gasteiger partial charge in [0.05, 0.1) is 22.4 Å². The van der Waals surface area contributed by atoms with Gasteiger partial charge in [-0.2, -0.15) is 0 Å². The maximum atomic E-state index is 12.0. The molecular formula is C19H16N2O3S. The molecule has 2 aromatic carbocycles. The van der Waals surface area contributed by atoms with Gasteiger partial charge in [0.1, 0.15) is 0 Å². The SMILES string of the molecule is CCOC(=O)c1ccc2nc(NC(=O)/C=C/c3ccccc3)sc2c1. The Balaban J connectivity index is 1.72. The van der Waals surface area contributed by atoms with Crippen LogP contribution in [-0.4, -0.2) is 23.5 Å². The Bertz CT molecular complexity index is 932. The highest BCUT2D eigenvalue weighted by Gasteiger charge is 2.11. The van der Waals surface area contributed by atoms with Crippen molar-refractivity contribution >= 4 is 44.6 Å². The van der Waals surface area contributed by atoms with E-state index in [2.05, 4.69) is 10.3 Å². The van der Waals surface area contributed by atoms with Crippen LogP contribution in [0.15, 0.2) is 54.6 Å². The van der Waals surface area contributed by atoms with Gasteiger partial charge in [0.25, 0.3) is 0 Å². The molecule has 0 saturated heterocycles. The zero-order chi connectivity index (χ0) is 17.6. The van der Waals surface area contributed by atoms with Crippen molar-refractivity contribution in [3.8, 4) is 0 Å². The molecule has 6 heteroatoms. The lowest BCUT2D eigenvalue weighted by atomic mass is 10.2. The lowest BCUT2D eigenvalue weighted by Gasteiger charge is -2.00. The zero-order valence-corrected chi connectivity index (χ0v) is 14.4. The summed E-state index contributed by atoms with van der Waals surface area (Å²) in [6.45, 7) is 2.09. The molecule has 0 fully saturated rings. The van der Waals surface area contributed by atoms with Gasteiger partial charge in [0, 0.05) is 6.08 Å². The molecule has 25 heavy (non-hydrogen) atoms. The quantitative estimate of drug-likeness (QED) is 0.554. The smallest absolute Gasteiger partial charge is 0.338 e. The Hall–Kier alpha value is -2.99. The van der Waals surface area contributed by atoms with Crippen molar-refractivity contribution in [3.05, 3.63) is 65.7 Å². The number of hydrogen-bond donors (Lipinski definition) is 1. The second kappa shape index (κ2) is 7.72. The highest BCUT2D eigenvalue weighted by molar-refractivity contribution is 7.22. The molecule has 3 aromatic rings. The molecule has 0 aliphatic heterocycles. The molecule has 1 heterocycles. The van der Waals surface area contributed by atoms with E-state index in [-0.39, 0.29) is 11.9 Å². The topological polar surface area (TPSA) is 68.3 Å². The highest BCUT2D eigenvalue weighted by atomic mass is 32.1. The molecule has 1 aromatic heterocycles. The average Bonchev–Trinajstić information content (AvgIpc) is 3.02. The number of hydrogen-bond acceptors (Lipinski definition) is 5. The van der Waals surface area contributed by atoms with E-state index < -0.39 is 0 Å².